The number of nitrogens with zero attached hydrogens (tertiary/aromatic N) is 6. The molecule has 1 saturated carbocycles. The molecule has 5 aromatic rings. The highest BCUT2D eigenvalue weighted by molar-refractivity contribution is 7.90. The Morgan fingerprint density at radius 1 is 1.17 bits per heavy atom. The normalized spacial score (nSPS) is 19.4. The summed E-state index contributed by atoms with van der Waals surface area (Å²) in [5.41, 5.74) is 1.19. The quantitative estimate of drug-likeness (QED) is 0.303. The van der Waals surface area contributed by atoms with E-state index in [9.17, 15) is 23.1 Å². The van der Waals surface area contributed by atoms with Crippen LogP contribution in [0.4, 0.5) is 4.79 Å². The van der Waals surface area contributed by atoms with E-state index < -0.39 is 21.7 Å². The summed E-state index contributed by atoms with van der Waals surface area (Å²) in [5, 5.41) is 16.7. The van der Waals surface area contributed by atoms with Crippen LogP contribution >= 0.6 is 0 Å². The first-order valence-electron chi connectivity index (χ1n) is 13.5. The molecule has 1 aliphatic carbocycles. The number of methoxy groups -OCH3 is 1. The van der Waals surface area contributed by atoms with Crippen molar-refractivity contribution in [2.45, 2.75) is 49.1 Å². The molecule has 1 fully saturated rings. The second-order valence-corrected chi connectivity index (χ2v) is 12.8. The maximum absolute atomic E-state index is 14.2. The van der Waals surface area contributed by atoms with E-state index in [1.165, 1.54) is 38.7 Å². The van der Waals surface area contributed by atoms with Crippen LogP contribution in [-0.2, 0) is 24.1 Å². The molecule has 0 atom stereocenters. The van der Waals surface area contributed by atoms with Crippen LogP contribution in [0.5, 0.6) is 5.88 Å². The van der Waals surface area contributed by atoms with E-state index in [-0.39, 0.29) is 28.2 Å². The zero-order valence-electron chi connectivity index (χ0n) is 23.6. The summed E-state index contributed by atoms with van der Waals surface area (Å²) in [6.07, 6.45) is 4.33. The Bertz CT molecular complexity index is 2010. The standard InChI is InChI=1S/C28H31N7O6S/c1-28(30-26(36)37)12-10-17(11-13-28)34-23-19-14-21(20-16-32(2)31-25(20)41-4)35(42(39,40)18-8-6-5-7-9-18)24(19)29-15-22(23)33(3)27(34)38/h5-9,14-17,30H,10-13H2,1-4H3,(H,36,37). The minimum atomic E-state index is -4.15. The van der Waals surface area contributed by atoms with Crippen LogP contribution in [0.1, 0.15) is 38.6 Å². The number of rotatable bonds is 6. The van der Waals surface area contributed by atoms with Crippen molar-refractivity contribution < 1.29 is 23.1 Å². The highest BCUT2D eigenvalue weighted by Crippen LogP contribution is 2.40. The third-order valence-corrected chi connectivity index (χ3v) is 9.93. The maximum Gasteiger partial charge on any atom is 0.405 e. The molecule has 1 aromatic carbocycles. The number of hydrogen-bond acceptors (Lipinski definition) is 7. The molecular weight excluding hydrogens is 562 g/mol. The third kappa shape index (κ3) is 4.24. The van der Waals surface area contributed by atoms with Gasteiger partial charge in [-0.2, -0.15) is 0 Å². The first-order chi connectivity index (χ1) is 19.9. The van der Waals surface area contributed by atoms with Crippen LogP contribution in [0, 0.1) is 0 Å². The average Bonchev–Trinajstić information content (AvgIpc) is 3.61. The Kier molecular flexibility index (Phi) is 6.40. The molecule has 0 spiro atoms. The van der Waals surface area contributed by atoms with E-state index in [1.807, 2.05) is 6.92 Å². The number of ether oxygens (including phenoxy) is 1. The van der Waals surface area contributed by atoms with Crippen LogP contribution in [-0.4, -0.2) is 60.1 Å². The third-order valence-electron chi connectivity index (χ3n) is 8.21. The molecule has 1 amide bonds. The predicted octanol–water partition coefficient (Wildman–Crippen LogP) is 3.48. The average molecular weight is 594 g/mol. The van der Waals surface area contributed by atoms with E-state index in [1.54, 1.807) is 49.1 Å². The van der Waals surface area contributed by atoms with Gasteiger partial charge in [0.1, 0.15) is 0 Å². The minimum absolute atomic E-state index is 0.0800. The Morgan fingerprint density at radius 3 is 2.50 bits per heavy atom. The first kappa shape index (κ1) is 27.6. The fourth-order valence-corrected chi connectivity index (χ4v) is 7.60. The SMILES string of the molecule is COc1nn(C)cc1-c1cc2c(ncc3c2n(C2CCC(C)(NC(=O)O)CC2)c(=O)n3C)n1S(=O)(=O)c1ccccc1. The Morgan fingerprint density at radius 2 is 1.86 bits per heavy atom. The fraction of sp³-hybridized carbons (Fsp3) is 0.357. The summed E-state index contributed by atoms with van der Waals surface area (Å²) in [5.74, 6) is 0.240. The van der Waals surface area contributed by atoms with Crippen LogP contribution < -0.4 is 15.7 Å². The lowest BCUT2D eigenvalue weighted by Gasteiger charge is -2.37. The predicted molar refractivity (Wildman–Crippen MR) is 155 cm³/mol. The van der Waals surface area contributed by atoms with Gasteiger partial charge in [0.2, 0.25) is 5.88 Å². The monoisotopic (exact) mass is 593 g/mol. The molecule has 4 aromatic heterocycles. The van der Waals surface area contributed by atoms with Gasteiger partial charge in [0.25, 0.3) is 10.0 Å². The van der Waals surface area contributed by atoms with Gasteiger partial charge in [0.05, 0.1) is 40.5 Å². The number of pyridine rings is 1. The van der Waals surface area contributed by atoms with Crippen molar-refractivity contribution in [1.29, 1.82) is 0 Å². The molecule has 13 nitrogen and oxygen atoms in total. The maximum atomic E-state index is 14.2. The Hall–Kier alpha value is -4.59. The molecule has 42 heavy (non-hydrogen) atoms. The van der Waals surface area contributed by atoms with Gasteiger partial charge in [-0.15, -0.1) is 5.10 Å². The van der Waals surface area contributed by atoms with Crippen molar-refractivity contribution in [3.8, 4) is 17.1 Å². The first-order valence-corrected chi connectivity index (χ1v) is 14.9. The number of amides is 1. The number of fused-ring (bicyclic) bond motifs is 3. The van der Waals surface area contributed by atoms with E-state index in [2.05, 4.69) is 15.4 Å². The van der Waals surface area contributed by atoms with Crippen LogP contribution in [0.2, 0.25) is 0 Å². The summed E-state index contributed by atoms with van der Waals surface area (Å²) in [6.45, 7) is 1.87. The second kappa shape index (κ2) is 9.76. The lowest BCUT2D eigenvalue weighted by molar-refractivity contribution is 0.158. The molecule has 0 saturated heterocycles. The molecule has 6 rings (SSSR count). The highest BCUT2D eigenvalue weighted by atomic mass is 32.2. The molecule has 1 aliphatic rings. The number of nitrogens with one attached hydrogen (secondary N) is 1. The van der Waals surface area contributed by atoms with Crippen molar-refractivity contribution in [2.24, 2.45) is 14.1 Å². The van der Waals surface area contributed by atoms with Gasteiger partial charge in [0.15, 0.2) is 5.65 Å². The van der Waals surface area contributed by atoms with Gasteiger partial charge in [-0.1, -0.05) is 18.2 Å². The Balaban J connectivity index is 1.63. The number of benzene rings is 1. The van der Waals surface area contributed by atoms with Gasteiger partial charge in [0, 0.05) is 37.3 Å². The van der Waals surface area contributed by atoms with Crippen molar-refractivity contribution in [2.75, 3.05) is 7.11 Å². The van der Waals surface area contributed by atoms with Crippen LogP contribution in [0.25, 0.3) is 33.3 Å². The number of carbonyl (C=O) groups is 1. The summed E-state index contributed by atoms with van der Waals surface area (Å²) in [7, 11) is 0.692. The highest BCUT2D eigenvalue weighted by Gasteiger charge is 2.36. The molecule has 0 bridgehead atoms. The van der Waals surface area contributed by atoms with Crippen molar-refractivity contribution in [3.63, 3.8) is 0 Å². The number of aromatic nitrogens is 6. The summed E-state index contributed by atoms with van der Waals surface area (Å²) < 4.78 is 39.8. The molecule has 0 radical (unpaired) electrons. The molecule has 2 N–H and O–H groups in total. The molecule has 220 valence electrons. The number of aryl methyl sites for hydroxylation is 2. The van der Waals surface area contributed by atoms with Gasteiger partial charge in [-0.05, 0) is 50.8 Å². The number of imidazole rings is 1. The van der Waals surface area contributed by atoms with Gasteiger partial charge >= 0.3 is 11.8 Å². The fourth-order valence-electron chi connectivity index (χ4n) is 6.10. The topological polar surface area (TPSA) is 155 Å². The summed E-state index contributed by atoms with van der Waals surface area (Å²) in [6, 6.07) is 9.59. The zero-order chi connectivity index (χ0) is 30.0. The largest absolute Gasteiger partial charge is 0.479 e. The second-order valence-electron chi connectivity index (χ2n) is 11.0. The number of hydrogen-bond donors (Lipinski definition) is 2. The van der Waals surface area contributed by atoms with Gasteiger partial charge in [-0.3, -0.25) is 13.8 Å². The lowest BCUT2D eigenvalue weighted by atomic mass is 9.80. The van der Waals surface area contributed by atoms with Crippen molar-refractivity contribution in [1.82, 2.24) is 33.2 Å². The molecular formula is C28H31N7O6S. The minimum Gasteiger partial charge on any atom is -0.479 e. The molecule has 14 heteroatoms. The Labute approximate surface area is 241 Å². The van der Waals surface area contributed by atoms with E-state index in [0.29, 0.717) is 53.4 Å². The van der Waals surface area contributed by atoms with Crippen molar-refractivity contribution >= 4 is 38.2 Å². The van der Waals surface area contributed by atoms with Crippen LogP contribution in [0.3, 0.4) is 0 Å². The zero-order valence-corrected chi connectivity index (χ0v) is 24.4. The molecule has 0 unspecified atom stereocenters. The summed E-state index contributed by atoms with van der Waals surface area (Å²) in [4.78, 5) is 29.7. The smallest absolute Gasteiger partial charge is 0.405 e. The van der Waals surface area contributed by atoms with Crippen molar-refractivity contribution in [3.05, 3.63) is 59.3 Å². The summed E-state index contributed by atoms with van der Waals surface area (Å²) >= 11 is 0. The lowest BCUT2D eigenvalue weighted by Crippen LogP contribution is -2.48. The van der Waals surface area contributed by atoms with Crippen LogP contribution in [0.15, 0.2) is 58.5 Å². The van der Waals surface area contributed by atoms with Gasteiger partial charge < -0.3 is 15.2 Å². The van der Waals surface area contributed by atoms with Gasteiger partial charge in [-0.25, -0.2) is 27.0 Å². The van der Waals surface area contributed by atoms with E-state index in [4.69, 9.17) is 4.74 Å². The van der Waals surface area contributed by atoms with E-state index in [0.717, 1.165) is 0 Å². The molecule has 4 heterocycles. The molecule has 0 aliphatic heterocycles. The number of carboxylic acid groups (broad SMARTS) is 1. The van der Waals surface area contributed by atoms with E-state index >= 15 is 0 Å².